The molecule has 154 valence electrons. The molecular weight excluding hydrogens is 447 g/mol. The first-order valence-corrected chi connectivity index (χ1v) is 9.55. The van der Waals surface area contributed by atoms with Gasteiger partial charge < -0.3 is 29.7 Å². The van der Waals surface area contributed by atoms with Crippen LogP contribution in [0.15, 0.2) is 4.99 Å². The molecule has 2 N–H and O–H groups in total. The van der Waals surface area contributed by atoms with Crippen molar-refractivity contribution in [2.24, 2.45) is 4.99 Å². The summed E-state index contributed by atoms with van der Waals surface area (Å²) in [5.41, 5.74) is 0.0848. The highest BCUT2D eigenvalue weighted by Gasteiger charge is 2.34. The van der Waals surface area contributed by atoms with E-state index in [0.29, 0.717) is 13.2 Å². The molecule has 2 unspecified atom stereocenters. The SMILES string of the molecule is CCNC(=NCC1(N(C)C)CCOCC1)NC(C)COC1CCOC1.I. The van der Waals surface area contributed by atoms with Crippen LogP contribution in [0.5, 0.6) is 0 Å². The normalized spacial score (nSPS) is 24.2. The molecule has 0 aromatic carbocycles. The number of rotatable bonds is 8. The fourth-order valence-electron chi connectivity index (χ4n) is 3.24. The summed E-state index contributed by atoms with van der Waals surface area (Å²) < 4.78 is 16.8. The second-order valence-electron chi connectivity index (χ2n) is 7.29. The fourth-order valence-corrected chi connectivity index (χ4v) is 3.24. The van der Waals surface area contributed by atoms with Gasteiger partial charge in [-0.1, -0.05) is 0 Å². The summed E-state index contributed by atoms with van der Waals surface area (Å²) >= 11 is 0. The van der Waals surface area contributed by atoms with Gasteiger partial charge in [-0.2, -0.15) is 0 Å². The van der Waals surface area contributed by atoms with Crippen molar-refractivity contribution in [3.63, 3.8) is 0 Å². The monoisotopic (exact) mass is 484 g/mol. The van der Waals surface area contributed by atoms with Crippen molar-refractivity contribution in [1.29, 1.82) is 0 Å². The molecule has 0 amide bonds. The van der Waals surface area contributed by atoms with Gasteiger partial charge in [0.1, 0.15) is 0 Å². The predicted molar refractivity (Wildman–Crippen MR) is 116 cm³/mol. The topological polar surface area (TPSA) is 67.4 Å². The van der Waals surface area contributed by atoms with E-state index >= 15 is 0 Å². The Morgan fingerprint density at radius 3 is 2.58 bits per heavy atom. The van der Waals surface area contributed by atoms with Gasteiger partial charge in [0.15, 0.2) is 5.96 Å². The molecule has 2 fully saturated rings. The van der Waals surface area contributed by atoms with Gasteiger partial charge in [0, 0.05) is 37.9 Å². The molecule has 8 heteroatoms. The first kappa shape index (κ1) is 23.9. The Kier molecular flexibility index (Phi) is 11.3. The molecule has 7 nitrogen and oxygen atoms in total. The summed E-state index contributed by atoms with van der Waals surface area (Å²) in [6.07, 6.45) is 3.27. The summed E-state index contributed by atoms with van der Waals surface area (Å²) in [6.45, 7) is 9.63. The Morgan fingerprint density at radius 2 is 2.00 bits per heavy atom. The molecular formula is C18H37IN4O3. The maximum Gasteiger partial charge on any atom is 0.191 e. The molecule has 2 rings (SSSR count). The van der Waals surface area contributed by atoms with Gasteiger partial charge >= 0.3 is 0 Å². The third-order valence-electron chi connectivity index (χ3n) is 5.10. The summed E-state index contributed by atoms with van der Waals surface area (Å²) in [5.74, 6) is 0.856. The van der Waals surface area contributed by atoms with Crippen LogP contribution in [-0.4, -0.2) is 88.8 Å². The van der Waals surface area contributed by atoms with E-state index in [-0.39, 0.29) is 41.7 Å². The lowest BCUT2D eigenvalue weighted by molar-refractivity contribution is -0.00258. The van der Waals surface area contributed by atoms with Gasteiger partial charge in [-0.05, 0) is 47.2 Å². The second-order valence-corrected chi connectivity index (χ2v) is 7.29. The van der Waals surface area contributed by atoms with E-state index in [9.17, 15) is 0 Å². The quantitative estimate of drug-likeness (QED) is 0.309. The van der Waals surface area contributed by atoms with Crippen LogP contribution in [0.1, 0.15) is 33.1 Å². The zero-order valence-corrected chi connectivity index (χ0v) is 19.1. The lowest BCUT2D eigenvalue weighted by atomic mass is 9.89. The number of nitrogens with one attached hydrogen (secondary N) is 2. The minimum Gasteiger partial charge on any atom is -0.381 e. The molecule has 0 saturated carbocycles. The molecule has 2 aliphatic heterocycles. The molecule has 0 aromatic heterocycles. The predicted octanol–water partition coefficient (Wildman–Crippen LogP) is 1.46. The van der Waals surface area contributed by atoms with Crippen molar-refractivity contribution in [2.45, 2.75) is 50.8 Å². The molecule has 2 aliphatic rings. The van der Waals surface area contributed by atoms with Crippen LogP contribution in [0.25, 0.3) is 0 Å². The summed E-state index contributed by atoms with van der Waals surface area (Å²) in [7, 11) is 4.28. The molecule has 0 aliphatic carbocycles. The lowest BCUT2D eigenvalue weighted by Crippen LogP contribution is -2.52. The highest BCUT2D eigenvalue weighted by molar-refractivity contribution is 14.0. The third kappa shape index (κ3) is 7.46. The third-order valence-corrected chi connectivity index (χ3v) is 5.10. The molecule has 26 heavy (non-hydrogen) atoms. The number of hydrogen-bond acceptors (Lipinski definition) is 5. The average Bonchev–Trinajstić information content (AvgIpc) is 3.12. The van der Waals surface area contributed by atoms with E-state index in [2.05, 4.69) is 43.5 Å². The minimum absolute atomic E-state index is 0. The maximum absolute atomic E-state index is 5.90. The lowest BCUT2D eigenvalue weighted by Gasteiger charge is -2.41. The van der Waals surface area contributed by atoms with E-state index in [1.54, 1.807) is 0 Å². The number of aliphatic imine (C=N–C) groups is 1. The standard InChI is InChI=1S/C18H36N4O3.HI/c1-5-19-17(21-15(2)12-25-16-6-9-24-13-16)20-14-18(22(3)4)7-10-23-11-8-18;/h15-16H,5-14H2,1-4H3,(H2,19,20,21);1H. The number of ether oxygens (including phenoxy) is 3. The Hall–Kier alpha value is -0.160. The van der Waals surface area contributed by atoms with Crippen molar-refractivity contribution >= 4 is 29.9 Å². The van der Waals surface area contributed by atoms with Crippen LogP contribution in [0.3, 0.4) is 0 Å². The molecule has 0 radical (unpaired) electrons. The van der Waals surface area contributed by atoms with E-state index in [1.165, 1.54) is 0 Å². The molecule has 0 bridgehead atoms. The van der Waals surface area contributed by atoms with Crippen LogP contribution in [0, 0.1) is 0 Å². The molecule has 0 aromatic rings. The van der Waals surface area contributed by atoms with Crippen molar-refractivity contribution in [2.75, 3.05) is 60.2 Å². The van der Waals surface area contributed by atoms with Gasteiger partial charge in [-0.3, -0.25) is 4.99 Å². The van der Waals surface area contributed by atoms with Gasteiger partial charge in [-0.25, -0.2) is 0 Å². The minimum atomic E-state index is 0. The van der Waals surface area contributed by atoms with E-state index < -0.39 is 0 Å². The maximum atomic E-state index is 5.90. The Morgan fingerprint density at radius 1 is 1.27 bits per heavy atom. The van der Waals surface area contributed by atoms with Crippen molar-refractivity contribution in [1.82, 2.24) is 15.5 Å². The van der Waals surface area contributed by atoms with Gasteiger partial charge in [0.25, 0.3) is 0 Å². The van der Waals surface area contributed by atoms with Crippen molar-refractivity contribution < 1.29 is 14.2 Å². The molecule has 0 spiro atoms. The number of nitrogens with zero attached hydrogens (tertiary/aromatic N) is 2. The molecule has 2 saturated heterocycles. The first-order chi connectivity index (χ1) is 12.1. The largest absolute Gasteiger partial charge is 0.381 e. The fraction of sp³-hybridized carbons (Fsp3) is 0.944. The van der Waals surface area contributed by atoms with Gasteiger partial charge in [-0.15, -0.1) is 24.0 Å². The summed E-state index contributed by atoms with van der Waals surface area (Å²) in [5, 5.41) is 6.81. The number of hydrogen-bond donors (Lipinski definition) is 2. The Balaban J connectivity index is 0.00000338. The summed E-state index contributed by atoms with van der Waals surface area (Å²) in [6, 6.07) is 0.198. The Labute approximate surface area is 175 Å². The van der Waals surface area contributed by atoms with Crippen LogP contribution in [0.4, 0.5) is 0 Å². The van der Waals surface area contributed by atoms with E-state index in [4.69, 9.17) is 19.2 Å². The number of guanidine groups is 1. The van der Waals surface area contributed by atoms with Crippen LogP contribution in [0.2, 0.25) is 0 Å². The van der Waals surface area contributed by atoms with Gasteiger partial charge in [0.2, 0.25) is 0 Å². The highest BCUT2D eigenvalue weighted by atomic mass is 127. The highest BCUT2D eigenvalue weighted by Crippen LogP contribution is 2.26. The zero-order valence-electron chi connectivity index (χ0n) is 16.8. The summed E-state index contributed by atoms with van der Waals surface area (Å²) in [4.78, 5) is 7.17. The van der Waals surface area contributed by atoms with Crippen LogP contribution < -0.4 is 10.6 Å². The molecule has 2 heterocycles. The number of halogens is 1. The van der Waals surface area contributed by atoms with E-state index in [1.807, 2.05) is 0 Å². The smallest absolute Gasteiger partial charge is 0.191 e. The van der Waals surface area contributed by atoms with Crippen molar-refractivity contribution in [3.8, 4) is 0 Å². The molecule has 2 atom stereocenters. The van der Waals surface area contributed by atoms with Crippen LogP contribution in [-0.2, 0) is 14.2 Å². The second kappa shape index (κ2) is 12.3. The Bertz CT molecular complexity index is 411. The van der Waals surface area contributed by atoms with Crippen LogP contribution >= 0.6 is 24.0 Å². The van der Waals surface area contributed by atoms with E-state index in [0.717, 1.165) is 58.1 Å². The van der Waals surface area contributed by atoms with Crippen molar-refractivity contribution in [3.05, 3.63) is 0 Å². The zero-order chi connectivity index (χ0) is 18.1. The average molecular weight is 484 g/mol. The van der Waals surface area contributed by atoms with Gasteiger partial charge in [0.05, 0.1) is 25.9 Å². The first-order valence-electron chi connectivity index (χ1n) is 9.55. The number of likely N-dealkylation sites (N-methyl/N-ethyl adjacent to an activating group) is 1.